The van der Waals surface area contributed by atoms with Gasteiger partial charge < -0.3 is 10.1 Å². The summed E-state index contributed by atoms with van der Waals surface area (Å²) in [5.41, 5.74) is 0.836. The van der Waals surface area contributed by atoms with Crippen LogP contribution in [0.2, 0.25) is 0 Å². The maximum atomic E-state index is 12.9. The van der Waals surface area contributed by atoms with E-state index in [1.54, 1.807) is 0 Å². The van der Waals surface area contributed by atoms with Crippen molar-refractivity contribution in [2.24, 2.45) is 0 Å². The van der Waals surface area contributed by atoms with Gasteiger partial charge in [-0.05, 0) is 45.6 Å². The minimum Gasteiger partial charge on any atom is -0.459 e. The molecule has 1 aromatic rings. The maximum Gasteiger partial charge on any atom is 0.323 e. The first kappa shape index (κ1) is 23.4. The Bertz CT molecular complexity index is 635. The van der Waals surface area contributed by atoms with Gasteiger partial charge in [0.25, 0.3) is 0 Å². The molecule has 29 heavy (non-hydrogen) atoms. The van der Waals surface area contributed by atoms with E-state index in [4.69, 9.17) is 4.74 Å². The van der Waals surface area contributed by atoms with Gasteiger partial charge >= 0.3 is 5.97 Å². The number of hydrogen-bond acceptors (Lipinski definition) is 5. The molecule has 0 aliphatic carbocycles. The third-order valence-corrected chi connectivity index (χ3v) is 5.05. The van der Waals surface area contributed by atoms with Crippen LogP contribution in [0.5, 0.6) is 0 Å². The van der Waals surface area contributed by atoms with Crippen LogP contribution in [-0.2, 0) is 20.9 Å². The van der Waals surface area contributed by atoms with Crippen LogP contribution in [0.25, 0.3) is 0 Å². The highest BCUT2D eigenvalue weighted by atomic mass is 16.6. The van der Waals surface area contributed by atoms with Crippen LogP contribution < -0.4 is 5.32 Å². The number of amides is 1. The average molecular weight is 404 g/mol. The summed E-state index contributed by atoms with van der Waals surface area (Å²) < 4.78 is 5.71. The van der Waals surface area contributed by atoms with Gasteiger partial charge in [-0.15, -0.1) is 0 Å². The van der Waals surface area contributed by atoms with Crippen molar-refractivity contribution in [3.05, 3.63) is 35.9 Å². The van der Waals surface area contributed by atoms with E-state index in [9.17, 15) is 9.59 Å². The Balaban J connectivity index is 1.88. The predicted octanol–water partition coefficient (Wildman–Crippen LogP) is 2.82. The number of ether oxygens (including phenoxy) is 1. The average Bonchev–Trinajstić information content (AvgIpc) is 2.65. The Hall–Kier alpha value is -1.92. The molecule has 1 aliphatic heterocycles. The number of hydrogen-bond donors (Lipinski definition) is 1. The Morgan fingerprint density at radius 1 is 1.07 bits per heavy atom. The van der Waals surface area contributed by atoms with Gasteiger partial charge in [-0.2, -0.15) is 0 Å². The molecule has 1 aliphatic rings. The SMILES string of the molecule is CC(=O)NCCCCC(C(=O)OC(C)(C)C)N1CCN(Cc2ccccc2)CC1. The molecular formula is C23H37N3O3. The van der Waals surface area contributed by atoms with Crippen molar-refractivity contribution in [3.8, 4) is 0 Å². The van der Waals surface area contributed by atoms with E-state index in [0.717, 1.165) is 52.0 Å². The lowest BCUT2D eigenvalue weighted by atomic mass is 10.1. The quantitative estimate of drug-likeness (QED) is 0.507. The van der Waals surface area contributed by atoms with Gasteiger partial charge in [0, 0.05) is 46.2 Å². The van der Waals surface area contributed by atoms with E-state index in [-0.39, 0.29) is 17.9 Å². The molecule has 0 saturated carbocycles. The summed E-state index contributed by atoms with van der Waals surface area (Å²) in [6, 6.07) is 10.3. The molecule has 0 spiro atoms. The molecule has 0 radical (unpaired) electrons. The molecule has 1 N–H and O–H groups in total. The zero-order valence-electron chi connectivity index (χ0n) is 18.4. The topological polar surface area (TPSA) is 61.9 Å². The molecule has 6 nitrogen and oxygen atoms in total. The number of rotatable bonds is 9. The summed E-state index contributed by atoms with van der Waals surface area (Å²) in [5, 5.41) is 2.82. The second-order valence-electron chi connectivity index (χ2n) is 8.83. The number of nitrogens with one attached hydrogen (secondary N) is 1. The molecule has 1 aromatic carbocycles. The third-order valence-electron chi connectivity index (χ3n) is 5.05. The molecular weight excluding hydrogens is 366 g/mol. The van der Waals surface area contributed by atoms with Gasteiger partial charge in [-0.25, -0.2) is 0 Å². The number of nitrogens with zero attached hydrogens (tertiary/aromatic N) is 2. The van der Waals surface area contributed by atoms with Crippen molar-refractivity contribution in [1.82, 2.24) is 15.1 Å². The van der Waals surface area contributed by atoms with Gasteiger partial charge in [0.2, 0.25) is 5.91 Å². The molecule has 1 fully saturated rings. The van der Waals surface area contributed by atoms with Gasteiger partial charge in [0.15, 0.2) is 0 Å². The van der Waals surface area contributed by atoms with Crippen LogP contribution in [0.1, 0.15) is 52.5 Å². The van der Waals surface area contributed by atoms with Crippen LogP contribution in [0.3, 0.4) is 0 Å². The van der Waals surface area contributed by atoms with Crippen molar-refractivity contribution in [1.29, 1.82) is 0 Å². The minimum absolute atomic E-state index is 0.0109. The second-order valence-corrected chi connectivity index (χ2v) is 8.83. The largest absolute Gasteiger partial charge is 0.459 e. The molecule has 1 atom stereocenters. The minimum atomic E-state index is -0.485. The summed E-state index contributed by atoms with van der Waals surface area (Å²) >= 11 is 0. The Labute approximate surface area is 175 Å². The lowest BCUT2D eigenvalue weighted by molar-refractivity contribution is -0.162. The van der Waals surface area contributed by atoms with Crippen molar-refractivity contribution < 1.29 is 14.3 Å². The Kier molecular flexibility index (Phi) is 9.11. The van der Waals surface area contributed by atoms with Gasteiger partial charge in [-0.3, -0.25) is 19.4 Å². The monoisotopic (exact) mass is 403 g/mol. The van der Waals surface area contributed by atoms with Crippen molar-refractivity contribution in [2.75, 3.05) is 32.7 Å². The van der Waals surface area contributed by atoms with E-state index in [2.05, 4.69) is 39.4 Å². The highest BCUT2D eigenvalue weighted by molar-refractivity contribution is 5.76. The molecule has 0 aromatic heterocycles. The third kappa shape index (κ3) is 8.96. The number of carbonyl (C=O) groups excluding carboxylic acids is 2. The molecule has 1 saturated heterocycles. The standard InChI is InChI=1S/C23H37N3O3/c1-19(27)24-13-9-8-12-21(22(28)29-23(2,3)4)26-16-14-25(15-17-26)18-20-10-6-5-7-11-20/h5-7,10-11,21H,8-9,12-18H2,1-4H3,(H,24,27). The molecule has 2 rings (SSSR count). The molecule has 0 bridgehead atoms. The summed E-state index contributed by atoms with van der Waals surface area (Å²) in [4.78, 5) is 28.6. The molecule has 1 heterocycles. The maximum absolute atomic E-state index is 12.9. The van der Waals surface area contributed by atoms with Crippen molar-refractivity contribution >= 4 is 11.9 Å². The van der Waals surface area contributed by atoms with Crippen LogP contribution in [-0.4, -0.2) is 66.0 Å². The number of esters is 1. The fourth-order valence-electron chi connectivity index (χ4n) is 3.62. The van der Waals surface area contributed by atoms with Crippen molar-refractivity contribution in [3.63, 3.8) is 0 Å². The van der Waals surface area contributed by atoms with E-state index in [1.165, 1.54) is 12.5 Å². The number of benzene rings is 1. The van der Waals surface area contributed by atoms with Gasteiger partial charge in [0.05, 0.1) is 0 Å². The summed E-state index contributed by atoms with van der Waals surface area (Å²) in [7, 11) is 0. The first-order valence-corrected chi connectivity index (χ1v) is 10.7. The fourth-order valence-corrected chi connectivity index (χ4v) is 3.62. The summed E-state index contributed by atoms with van der Waals surface area (Å²) in [6.07, 6.45) is 2.51. The number of unbranched alkanes of at least 4 members (excludes halogenated alkanes) is 1. The highest BCUT2D eigenvalue weighted by Gasteiger charge is 2.32. The van der Waals surface area contributed by atoms with Crippen LogP contribution in [0.4, 0.5) is 0 Å². The summed E-state index contributed by atoms with van der Waals surface area (Å²) in [6.45, 7) is 12.5. The van der Waals surface area contributed by atoms with Gasteiger partial charge in [-0.1, -0.05) is 30.3 Å². The zero-order valence-corrected chi connectivity index (χ0v) is 18.4. The predicted molar refractivity (Wildman–Crippen MR) is 115 cm³/mol. The first-order valence-electron chi connectivity index (χ1n) is 10.7. The Morgan fingerprint density at radius 3 is 2.31 bits per heavy atom. The van der Waals surface area contributed by atoms with E-state index in [0.29, 0.717) is 6.54 Å². The Morgan fingerprint density at radius 2 is 1.72 bits per heavy atom. The van der Waals surface area contributed by atoms with E-state index in [1.807, 2.05) is 26.8 Å². The first-order chi connectivity index (χ1) is 13.7. The van der Waals surface area contributed by atoms with Gasteiger partial charge in [0.1, 0.15) is 11.6 Å². The second kappa shape index (κ2) is 11.3. The van der Waals surface area contributed by atoms with E-state index < -0.39 is 5.60 Å². The summed E-state index contributed by atoms with van der Waals surface area (Å²) in [5.74, 6) is -0.142. The normalized spacial score (nSPS) is 17.0. The van der Waals surface area contributed by atoms with Crippen LogP contribution >= 0.6 is 0 Å². The highest BCUT2D eigenvalue weighted by Crippen LogP contribution is 2.18. The lowest BCUT2D eigenvalue weighted by Crippen LogP contribution is -2.53. The number of carbonyl (C=O) groups is 2. The molecule has 6 heteroatoms. The van der Waals surface area contributed by atoms with Crippen LogP contribution in [0, 0.1) is 0 Å². The fraction of sp³-hybridized carbons (Fsp3) is 0.652. The molecule has 162 valence electrons. The molecule has 1 amide bonds. The lowest BCUT2D eigenvalue weighted by Gasteiger charge is -2.39. The zero-order chi connectivity index (χ0) is 21.3. The smallest absolute Gasteiger partial charge is 0.323 e. The molecule has 1 unspecified atom stereocenters. The van der Waals surface area contributed by atoms with E-state index >= 15 is 0 Å². The van der Waals surface area contributed by atoms with Crippen molar-refractivity contribution in [2.45, 2.75) is 65.1 Å². The van der Waals surface area contributed by atoms with Crippen LogP contribution in [0.15, 0.2) is 30.3 Å². The number of piperazine rings is 1.